The number of carbonyl (C=O) groups is 2. The van der Waals surface area contributed by atoms with Crippen LogP contribution in [-0.4, -0.2) is 35.5 Å². The molecule has 0 unspecified atom stereocenters. The molecule has 108 valence electrons. The minimum Gasteiger partial charge on any atom is -0.436 e. The first kappa shape index (κ1) is 12.6. The highest BCUT2D eigenvalue weighted by atomic mass is 16.6. The number of nitrogens with zero attached hydrogens (tertiary/aromatic N) is 1. The number of ketones is 1. The van der Waals surface area contributed by atoms with Gasteiger partial charge >= 0.3 is 5.97 Å². The van der Waals surface area contributed by atoms with E-state index in [0.29, 0.717) is 18.6 Å². The van der Waals surface area contributed by atoms with Gasteiger partial charge in [-0.25, -0.2) is 4.79 Å². The average molecular weight is 275 g/mol. The van der Waals surface area contributed by atoms with E-state index in [9.17, 15) is 9.59 Å². The number of Topliss-reactive ketones (excluding diaryl/α,β-unsaturated/α-hetero) is 1. The fourth-order valence-electron chi connectivity index (χ4n) is 4.82. The zero-order valence-corrected chi connectivity index (χ0v) is 12.0. The summed E-state index contributed by atoms with van der Waals surface area (Å²) in [5.41, 5.74) is 1.60. The molecule has 20 heavy (non-hydrogen) atoms. The van der Waals surface area contributed by atoms with Crippen LogP contribution in [0.25, 0.3) is 0 Å². The van der Waals surface area contributed by atoms with Gasteiger partial charge in [-0.15, -0.1) is 0 Å². The van der Waals surface area contributed by atoms with E-state index in [0.717, 1.165) is 44.3 Å². The van der Waals surface area contributed by atoms with E-state index >= 15 is 0 Å². The van der Waals surface area contributed by atoms with Crippen molar-refractivity contribution in [3.8, 4) is 0 Å². The van der Waals surface area contributed by atoms with Gasteiger partial charge in [0.1, 0.15) is 5.78 Å². The number of hydrogen-bond acceptors (Lipinski definition) is 4. The summed E-state index contributed by atoms with van der Waals surface area (Å²) in [5.74, 6) is 0.519. The van der Waals surface area contributed by atoms with Gasteiger partial charge in [0.2, 0.25) is 0 Å². The molecule has 0 aromatic heterocycles. The van der Waals surface area contributed by atoms with Crippen LogP contribution in [0, 0.1) is 11.8 Å². The molecule has 0 aromatic rings. The lowest BCUT2D eigenvalue weighted by molar-refractivity contribution is -0.160. The van der Waals surface area contributed by atoms with Gasteiger partial charge in [0.15, 0.2) is 5.72 Å². The topological polar surface area (TPSA) is 46.6 Å². The Bertz CT molecular complexity index is 524. The van der Waals surface area contributed by atoms with Gasteiger partial charge in [-0.2, -0.15) is 0 Å². The maximum Gasteiger partial charge on any atom is 0.336 e. The lowest BCUT2D eigenvalue weighted by atomic mass is 9.72. The fraction of sp³-hybridized carbons (Fsp3) is 0.750. The van der Waals surface area contributed by atoms with E-state index in [1.807, 2.05) is 0 Å². The molecule has 4 nitrogen and oxygen atoms in total. The quantitative estimate of drug-likeness (QED) is 0.635. The van der Waals surface area contributed by atoms with Crippen LogP contribution in [0.1, 0.15) is 45.4 Å². The molecular formula is C16H21NO3. The molecule has 2 saturated heterocycles. The molecule has 5 rings (SSSR count). The zero-order valence-electron chi connectivity index (χ0n) is 12.0. The number of esters is 1. The third-order valence-corrected chi connectivity index (χ3v) is 5.60. The second kappa shape index (κ2) is 4.17. The van der Waals surface area contributed by atoms with Gasteiger partial charge in [0.05, 0.1) is 0 Å². The van der Waals surface area contributed by atoms with Crippen LogP contribution in [0.4, 0.5) is 0 Å². The summed E-state index contributed by atoms with van der Waals surface area (Å²) in [6, 6.07) is 0. The Kier molecular flexibility index (Phi) is 2.62. The Balaban J connectivity index is 1.87. The summed E-state index contributed by atoms with van der Waals surface area (Å²) in [4.78, 5) is 27.0. The SMILES string of the molecule is C[C@H]1C[C@@H]2CC3=C1[C@@]1(CCCN1CCCC2=O)OC3=O. The minimum absolute atomic E-state index is 0.0411. The van der Waals surface area contributed by atoms with Gasteiger partial charge < -0.3 is 4.74 Å². The van der Waals surface area contributed by atoms with Gasteiger partial charge in [-0.3, -0.25) is 9.69 Å². The van der Waals surface area contributed by atoms with Crippen LogP contribution in [0.15, 0.2) is 11.1 Å². The lowest BCUT2D eigenvalue weighted by Gasteiger charge is -2.40. The van der Waals surface area contributed by atoms with E-state index in [2.05, 4.69) is 11.8 Å². The highest BCUT2D eigenvalue weighted by molar-refractivity contribution is 5.95. The summed E-state index contributed by atoms with van der Waals surface area (Å²) < 4.78 is 5.91. The standard InChI is InChI=1S/C16H21NO3/c1-10-8-11-9-12-14(10)16(20-15(12)19)5-3-7-17(16)6-2-4-13(11)18/h10-11H,2-9H2,1H3/t10-,11+,16+/m0/s1. The smallest absolute Gasteiger partial charge is 0.336 e. The molecule has 4 heteroatoms. The van der Waals surface area contributed by atoms with Crippen molar-refractivity contribution in [1.29, 1.82) is 0 Å². The summed E-state index contributed by atoms with van der Waals surface area (Å²) in [7, 11) is 0. The predicted octanol–water partition coefficient (Wildman–Crippen LogP) is 2.04. The van der Waals surface area contributed by atoms with Crippen molar-refractivity contribution < 1.29 is 14.3 Å². The van der Waals surface area contributed by atoms with E-state index in [-0.39, 0.29) is 17.8 Å². The molecule has 0 radical (unpaired) electrons. The van der Waals surface area contributed by atoms with Crippen LogP contribution < -0.4 is 0 Å². The van der Waals surface area contributed by atoms with E-state index in [1.165, 1.54) is 5.57 Å². The van der Waals surface area contributed by atoms with Gasteiger partial charge in [0.25, 0.3) is 0 Å². The number of rotatable bonds is 0. The van der Waals surface area contributed by atoms with Crippen LogP contribution in [0.2, 0.25) is 0 Å². The summed E-state index contributed by atoms with van der Waals surface area (Å²) in [5, 5.41) is 0. The molecule has 4 bridgehead atoms. The van der Waals surface area contributed by atoms with Gasteiger partial charge in [-0.05, 0) is 31.6 Å². The zero-order chi connectivity index (χ0) is 13.9. The number of carbonyl (C=O) groups excluding carboxylic acids is 2. The molecule has 2 fully saturated rings. The van der Waals surface area contributed by atoms with Gasteiger partial charge in [0, 0.05) is 43.0 Å². The molecule has 0 aromatic carbocycles. The summed E-state index contributed by atoms with van der Waals surface area (Å²) in [6.07, 6.45) is 5.07. The molecular weight excluding hydrogens is 254 g/mol. The molecule has 5 aliphatic rings. The van der Waals surface area contributed by atoms with Crippen molar-refractivity contribution in [2.45, 2.75) is 51.2 Å². The Morgan fingerprint density at radius 2 is 2.05 bits per heavy atom. The van der Waals surface area contributed by atoms with E-state index < -0.39 is 5.72 Å². The predicted molar refractivity (Wildman–Crippen MR) is 72.8 cm³/mol. The van der Waals surface area contributed by atoms with Crippen molar-refractivity contribution in [3.05, 3.63) is 11.1 Å². The summed E-state index contributed by atoms with van der Waals surface area (Å²) in [6.45, 7) is 4.01. The lowest BCUT2D eigenvalue weighted by Crippen LogP contribution is -2.48. The Morgan fingerprint density at radius 1 is 1.25 bits per heavy atom. The molecule has 3 atom stereocenters. The molecule has 4 heterocycles. The Hall–Kier alpha value is -1.16. The molecule has 1 spiro atoms. The number of ether oxygens (including phenoxy) is 1. The van der Waals surface area contributed by atoms with E-state index in [1.54, 1.807) is 0 Å². The van der Waals surface area contributed by atoms with Crippen molar-refractivity contribution in [1.82, 2.24) is 4.90 Å². The number of hydrogen-bond donors (Lipinski definition) is 0. The Labute approximate surface area is 119 Å². The third kappa shape index (κ3) is 1.51. The van der Waals surface area contributed by atoms with Crippen LogP contribution in [0.5, 0.6) is 0 Å². The van der Waals surface area contributed by atoms with Gasteiger partial charge in [-0.1, -0.05) is 6.92 Å². The Morgan fingerprint density at radius 3 is 2.90 bits per heavy atom. The van der Waals surface area contributed by atoms with Crippen LogP contribution in [-0.2, 0) is 14.3 Å². The molecule has 0 N–H and O–H groups in total. The molecule has 0 saturated carbocycles. The largest absolute Gasteiger partial charge is 0.436 e. The second-order valence-corrected chi connectivity index (χ2v) is 6.76. The maximum absolute atomic E-state index is 12.3. The van der Waals surface area contributed by atoms with Crippen molar-refractivity contribution in [2.24, 2.45) is 11.8 Å². The number of fused-ring (bicyclic) bond motifs is 4. The average Bonchev–Trinajstić information content (AvgIpc) is 2.93. The van der Waals surface area contributed by atoms with Crippen molar-refractivity contribution in [3.63, 3.8) is 0 Å². The van der Waals surface area contributed by atoms with Crippen LogP contribution >= 0.6 is 0 Å². The van der Waals surface area contributed by atoms with E-state index in [4.69, 9.17) is 4.74 Å². The second-order valence-electron chi connectivity index (χ2n) is 6.76. The maximum atomic E-state index is 12.3. The highest BCUT2D eigenvalue weighted by Gasteiger charge is 2.57. The molecule has 1 aliphatic carbocycles. The first-order chi connectivity index (χ1) is 9.62. The first-order valence-electron chi connectivity index (χ1n) is 7.86. The third-order valence-electron chi connectivity index (χ3n) is 5.60. The minimum atomic E-state index is -0.447. The van der Waals surface area contributed by atoms with Crippen molar-refractivity contribution >= 4 is 11.8 Å². The van der Waals surface area contributed by atoms with Crippen molar-refractivity contribution in [2.75, 3.05) is 13.1 Å². The fourth-order valence-corrected chi connectivity index (χ4v) is 4.82. The highest BCUT2D eigenvalue weighted by Crippen LogP contribution is 2.52. The molecule has 0 amide bonds. The molecule has 4 aliphatic heterocycles. The first-order valence-corrected chi connectivity index (χ1v) is 7.86. The van der Waals surface area contributed by atoms with Crippen LogP contribution in [0.3, 0.4) is 0 Å². The summed E-state index contributed by atoms with van der Waals surface area (Å²) >= 11 is 0. The normalized spacial score (nSPS) is 41.0. The monoisotopic (exact) mass is 275 g/mol.